The number of rotatable bonds is 4. The van der Waals surface area contributed by atoms with Crippen molar-refractivity contribution in [2.75, 3.05) is 10.2 Å². The van der Waals surface area contributed by atoms with E-state index < -0.39 is 29.3 Å². The minimum absolute atomic E-state index is 0.0457. The van der Waals surface area contributed by atoms with E-state index in [4.69, 9.17) is 10.4 Å². The molecule has 2 unspecified atom stereocenters. The minimum atomic E-state index is -4.74. The Balaban J connectivity index is 1.70. The van der Waals surface area contributed by atoms with Crippen molar-refractivity contribution in [1.29, 1.82) is 5.26 Å². The molecule has 0 radical (unpaired) electrons. The number of benzene rings is 2. The van der Waals surface area contributed by atoms with Gasteiger partial charge in [0.1, 0.15) is 0 Å². The second kappa shape index (κ2) is 8.67. The zero-order valence-corrected chi connectivity index (χ0v) is 18.5. The van der Waals surface area contributed by atoms with Crippen molar-refractivity contribution in [2.45, 2.75) is 51.2 Å². The Bertz CT molecular complexity index is 1160. The van der Waals surface area contributed by atoms with E-state index in [1.54, 1.807) is 6.07 Å². The molecule has 0 spiro atoms. The van der Waals surface area contributed by atoms with Gasteiger partial charge in [-0.1, -0.05) is 19.8 Å². The average molecular weight is 471 g/mol. The molecule has 2 saturated carbocycles. The van der Waals surface area contributed by atoms with E-state index in [9.17, 15) is 22.8 Å². The molecule has 178 valence electrons. The van der Waals surface area contributed by atoms with Gasteiger partial charge in [-0.25, -0.2) is 9.59 Å². The highest BCUT2D eigenvalue weighted by Gasteiger charge is 2.54. The summed E-state index contributed by atoms with van der Waals surface area (Å²) in [6.07, 6.45) is -0.0671. The quantitative estimate of drug-likeness (QED) is 0.549. The first-order chi connectivity index (χ1) is 16.0. The fourth-order valence-corrected chi connectivity index (χ4v) is 5.42. The van der Waals surface area contributed by atoms with Crippen LogP contribution < -0.4 is 10.2 Å². The number of nitrogens with zero attached hydrogens (tertiary/aromatic N) is 2. The number of nitrogens with one attached hydrogen (secondary N) is 1. The monoisotopic (exact) mass is 471 g/mol. The van der Waals surface area contributed by atoms with Gasteiger partial charge in [-0.2, -0.15) is 18.4 Å². The summed E-state index contributed by atoms with van der Waals surface area (Å²) >= 11 is 0. The summed E-state index contributed by atoms with van der Waals surface area (Å²) in [6, 6.07) is 9.58. The number of carbonyl (C=O) groups excluding carboxylic acids is 1. The van der Waals surface area contributed by atoms with Crippen LogP contribution in [0.3, 0.4) is 0 Å². The fraction of sp³-hybridized carbons (Fsp3) is 0.400. The molecule has 4 rings (SSSR count). The van der Waals surface area contributed by atoms with E-state index >= 15 is 0 Å². The molecule has 2 aromatic carbocycles. The number of carboxylic acid groups (broad SMARTS) is 1. The van der Waals surface area contributed by atoms with Crippen molar-refractivity contribution >= 4 is 23.4 Å². The lowest BCUT2D eigenvalue weighted by Gasteiger charge is -2.59. The molecular formula is C25H24F3N3O3. The van der Waals surface area contributed by atoms with Gasteiger partial charge in [0, 0.05) is 17.4 Å². The topological polar surface area (TPSA) is 93.4 Å². The van der Waals surface area contributed by atoms with Crippen molar-refractivity contribution in [1.82, 2.24) is 0 Å². The molecule has 0 bridgehead atoms. The van der Waals surface area contributed by atoms with Crippen LogP contribution in [0.5, 0.6) is 0 Å². The molecule has 0 aromatic heterocycles. The SMILES string of the molecule is CC12CCCC[C@@H]1C(N(C(=O)Nc1ccc(C(=O)O)cc1)c1ccc(C#N)c(C(F)(F)F)c1)C2. The summed E-state index contributed by atoms with van der Waals surface area (Å²) in [6.45, 7) is 2.16. The number of aromatic carboxylic acids is 1. The zero-order valence-electron chi connectivity index (χ0n) is 18.5. The molecule has 9 heteroatoms. The number of alkyl halides is 3. The highest BCUT2D eigenvalue weighted by molar-refractivity contribution is 6.02. The van der Waals surface area contributed by atoms with Crippen molar-refractivity contribution in [3.05, 3.63) is 59.2 Å². The van der Waals surface area contributed by atoms with Gasteiger partial charge in [-0.05, 0) is 73.1 Å². The first kappa shape index (κ1) is 23.6. The Morgan fingerprint density at radius 2 is 1.88 bits per heavy atom. The predicted molar refractivity (Wildman–Crippen MR) is 120 cm³/mol. The molecule has 2 amide bonds. The molecule has 2 fully saturated rings. The van der Waals surface area contributed by atoms with Crippen LogP contribution in [-0.4, -0.2) is 23.1 Å². The van der Waals surface area contributed by atoms with Crippen molar-refractivity contribution < 1.29 is 27.9 Å². The Labute approximate surface area is 195 Å². The Kier molecular flexibility index (Phi) is 6.02. The number of carboxylic acids is 1. The van der Waals surface area contributed by atoms with Crippen LogP contribution in [0.1, 0.15) is 60.5 Å². The summed E-state index contributed by atoms with van der Waals surface area (Å²) in [4.78, 5) is 25.9. The molecule has 3 atom stereocenters. The van der Waals surface area contributed by atoms with E-state index in [-0.39, 0.29) is 28.6 Å². The van der Waals surface area contributed by atoms with Gasteiger partial charge in [0.15, 0.2) is 0 Å². The van der Waals surface area contributed by atoms with Gasteiger partial charge < -0.3 is 10.4 Å². The van der Waals surface area contributed by atoms with E-state index in [1.807, 2.05) is 0 Å². The summed E-state index contributed by atoms with van der Waals surface area (Å²) in [5.74, 6) is -0.950. The Morgan fingerprint density at radius 1 is 1.18 bits per heavy atom. The van der Waals surface area contributed by atoms with E-state index in [2.05, 4.69) is 12.2 Å². The fourth-order valence-electron chi connectivity index (χ4n) is 5.42. The third-order valence-electron chi connectivity index (χ3n) is 7.19. The van der Waals surface area contributed by atoms with E-state index in [0.717, 1.165) is 37.8 Å². The van der Waals surface area contributed by atoms with Crippen molar-refractivity contribution in [3.63, 3.8) is 0 Å². The molecule has 2 aromatic rings. The molecular weight excluding hydrogens is 447 g/mol. The lowest BCUT2D eigenvalue weighted by molar-refractivity contribution is -0.137. The maximum absolute atomic E-state index is 13.6. The predicted octanol–water partition coefficient (Wildman–Crippen LogP) is 6.28. The maximum Gasteiger partial charge on any atom is 0.417 e. The highest BCUT2D eigenvalue weighted by atomic mass is 19.4. The molecule has 34 heavy (non-hydrogen) atoms. The molecule has 6 nitrogen and oxygen atoms in total. The molecule has 2 aliphatic rings. The number of amides is 2. The number of carbonyl (C=O) groups is 2. The van der Waals surface area contributed by atoms with Crippen LogP contribution in [0, 0.1) is 22.7 Å². The molecule has 0 aliphatic heterocycles. The average Bonchev–Trinajstić information content (AvgIpc) is 2.77. The van der Waals surface area contributed by atoms with Crippen molar-refractivity contribution in [3.8, 4) is 6.07 Å². The number of urea groups is 1. The lowest BCUT2D eigenvalue weighted by Crippen LogP contribution is -2.61. The van der Waals surface area contributed by atoms with Crippen LogP contribution in [0.4, 0.5) is 29.3 Å². The molecule has 0 saturated heterocycles. The van der Waals surface area contributed by atoms with E-state index in [0.29, 0.717) is 12.1 Å². The van der Waals surface area contributed by atoms with Gasteiger partial charge in [-0.3, -0.25) is 4.90 Å². The Hall–Kier alpha value is -3.54. The third-order valence-corrected chi connectivity index (χ3v) is 7.19. The van der Waals surface area contributed by atoms with Gasteiger partial charge >= 0.3 is 18.2 Å². The summed E-state index contributed by atoms with van der Waals surface area (Å²) in [7, 11) is 0. The second-order valence-electron chi connectivity index (χ2n) is 9.30. The van der Waals surface area contributed by atoms with Crippen LogP contribution in [0.2, 0.25) is 0 Å². The summed E-state index contributed by atoms with van der Waals surface area (Å²) < 4.78 is 40.9. The summed E-state index contributed by atoms with van der Waals surface area (Å²) in [5, 5.41) is 20.9. The van der Waals surface area contributed by atoms with Gasteiger partial charge in [-0.15, -0.1) is 0 Å². The lowest BCUT2D eigenvalue weighted by atomic mass is 9.51. The number of hydrogen-bond acceptors (Lipinski definition) is 3. The number of nitriles is 1. The highest BCUT2D eigenvalue weighted by Crippen LogP contribution is 2.57. The van der Waals surface area contributed by atoms with Crippen molar-refractivity contribution in [2.24, 2.45) is 11.3 Å². The van der Waals surface area contributed by atoms with Gasteiger partial charge in [0.05, 0.1) is 22.8 Å². The molecule has 0 heterocycles. The van der Waals surface area contributed by atoms with Crippen LogP contribution in [0.25, 0.3) is 0 Å². The number of halogens is 3. The maximum atomic E-state index is 13.6. The largest absolute Gasteiger partial charge is 0.478 e. The summed E-state index contributed by atoms with van der Waals surface area (Å²) in [5.41, 5.74) is -1.09. The van der Waals surface area contributed by atoms with Crippen LogP contribution in [-0.2, 0) is 6.18 Å². The van der Waals surface area contributed by atoms with Crippen LogP contribution >= 0.6 is 0 Å². The first-order valence-electron chi connectivity index (χ1n) is 11.1. The van der Waals surface area contributed by atoms with Gasteiger partial charge in [0.2, 0.25) is 0 Å². The smallest absolute Gasteiger partial charge is 0.417 e. The molecule has 2 aliphatic carbocycles. The van der Waals surface area contributed by atoms with E-state index in [1.165, 1.54) is 35.2 Å². The van der Waals surface area contributed by atoms with Crippen LogP contribution in [0.15, 0.2) is 42.5 Å². The number of fused-ring (bicyclic) bond motifs is 1. The third kappa shape index (κ3) is 4.32. The Morgan fingerprint density at radius 3 is 2.47 bits per heavy atom. The second-order valence-corrected chi connectivity index (χ2v) is 9.30. The minimum Gasteiger partial charge on any atom is -0.478 e. The standard InChI is InChI=1S/C25H24F3N3O3/c1-24-11-3-2-4-19(24)21(13-24)31(18-10-7-16(14-29)20(12-18)25(26,27)28)23(34)30-17-8-5-15(6-9-17)22(32)33/h5-10,12,19,21H,2-4,11,13H2,1H3,(H,30,34)(H,32,33)/t19-,21?,24?/m1/s1. The zero-order chi connectivity index (χ0) is 24.7. The van der Waals surface area contributed by atoms with Gasteiger partial charge in [0.25, 0.3) is 0 Å². The first-order valence-corrected chi connectivity index (χ1v) is 11.1. The number of hydrogen-bond donors (Lipinski definition) is 2. The number of anilines is 2. The molecule has 2 N–H and O–H groups in total. The normalized spacial score (nSPS) is 23.7.